The molecule has 132 valence electrons. The van der Waals surface area contributed by atoms with Crippen LogP contribution >= 0.6 is 35.3 Å². The van der Waals surface area contributed by atoms with E-state index in [1.165, 1.54) is 44.1 Å². The highest BCUT2D eigenvalue weighted by molar-refractivity contribution is 14.0. The standard InChI is InChI=1S/C17H29N3OS.HI/c1-2-18-17(20-13-15-9-12-22-14-15)19-10-11-21-16-7-5-3-4-6-8-16;/h9,12,14,16H,2-8,10-11,13H2,1H3,(H2,18,19,20);1H. The van der Waals surface area contributed by atoms with E-state index in [0.29, 0.717) is 6.10 Å². The molecule has 0 aromatic carbocycles. The molecule has 0 bridgehead atoms. The Morgan fingerprint density at radius 2 is 2.04 bits per heavy atom. The first-order chi connectivity index (χ1) is 10.9. The zero-order chi connectivity index (χ0) is 15.5. The van der Waals surface area contributed by atoms with Gasteiger partial charge in [-0.3, -0.25) is 0 Å². The molecule has 0 aliphatic heterocycles. The molecule has 2 rings (SSSR count). The van der Waals surface area contributed by atoms with Crippen molar-refractivity contribution in [3.05, 3.63) is 22.4 Å². The molecule has 2 N–H and O–H groups in total. The van der Waals surface area contributed by atoms with E-state index < -0.39 is 0 Å². The molecule has 1 saturated carbocycles. The van der Waals surface area contributed by atoms with E-state index in [4.69, 9.17) is 4.74 Å². The molecule has 0 atom stereocenters. The van der Waals surface area contributed by atoms with E-state index in [0.717, 1.165) is 32.2 Å². The van der Waals surface area contributed by atoms with Crippen LogP contribution in [0, 0.1) is 0 Å². The van der Waals surface area contributed by atoms with E-state index in [2.05, 4.69) is 39.4 Å². The SMILES string of the molecule is CCNC(=NCc1ccsc1)NCCOC1CCCCCC1.I. The molecule has 1 aliphatic rings. The van der Waals surface area contributed by atoms with Crippen molar-refractivity contribution in [2.75, 3.05) is 19.7 Å². The van der Waals surface area contributed by atoms with Gasteiger partial charge in [-0.05, 0) is 42.2 Å². The second kappa shape index (κ2) is 13.0. The monoisotopic (exact) mass is 451 g/mol. The molecule has 6 heteroatoms. The average Bonchev–Trinajstić information content (AvgIpc) is 2.92. The fourth-order valence-corrected chi connectivity index (χ4v) is 3.36. The van der Waals surface area contributed by atoms with Crippen LogP contribution in [0.3, 0.4) is 0 Å². The molecule has 0 amide bonds. The first-order valence-electron chi connectivity index (χ1n) is 8.53. The number of aliphatic imine (C=N–C) groups is 1. The normalized spacial score (nSPS) is 16.5. The van der Waals surface area contributed by atoms with Gasteiger partial charge >= 0.3 is 0 Å². The Morgan fingerprint density at radius 1 is 1.26 bits per heavy atom. The van der Waals surface area contributed by atoms with Crippen molar-refractivity contribution in [2.24, 2.45) is 4.99 Å². The van der Waals surface area contributed by atoms with Gasteiger partial charge in [0.15, 0.2) is 5.96 Å². The quantitative estimate of drug-likeness (QED) is 0.215. The lowest BCUT2D eigenvalue weighted by Gasteiger charge is -2.16. The molecule has 4 nitrogen and oxygen atoms in total. The van der Waals surface area contributed by atoms with Gasteiger partial charge in [-0.2, -0.15) is 11.3 Å². The first-order valence-corrected chi connectivity index (χ1v) is 9.47. The summed E-state index contributed by atoms with van der Waals surface area (Å²) < 4.78 is 6.00. The molecule has 1 fully saturated rings. The molecular formula is C17H30IN3OS. The summed E-state index contributed by atoms with van der Waals surface area (Å²) in [6.45, 7) is 5.25. The van der Waals surface area contributed by atoms with Crippen LogP contribution in [-0.4, -0.2) is 31.8 Å². The van der Waals surface area contributed by atoms with Crippen LogP contribution < -0.4 is 10.6 Å². The van der Waals surface area contributed by atoms with Gasteiger partial charge in [0.2, 0.25) is 0 Å². The van der Waals surface area contributed by atoms with Gasteiger partial charge in [0.25, 0.3) is 0 Å². The van der Waals surface area contributed by atoms with Crippen LogP contribution in [-0.2, 0) is 11.3 Å². The number of nitrogens with one attached hydrogen (secondary N) is 2. The number of nitrogens with zero attached hydrogens (tertiary/aromatic N) is 1. The average molecular weight is 451 g/mol. The number of hydrogen-bond acceptors (Lipinski definition) is 3. The van der Waals surface area contributed by atoms with Gasteiger partial charge in [-0.15, -0.1) is 24.0 Å². The van der Waals surface area contributed by atoms with Crippen LogP contribution in [0.2, 0.25) is 0 Å². The molecule has 1 aromatic heterocycles. The Bertz CT molecular complexity index is 417. The second-order valence-corrected chi connectivity index (χ2v) is 6.52. The molecule has 1 aliphatic carbocycles. The smallest absolute Gasteiger partial charge is 0.191 e. The van der Waals surface area contributed by atoms with E-state index in [9.17, 15) is 0 Å². The molecule has 0 radical (unpaired) electrons. The van der Waals surface area contributed by atoms with Crippen LogP contribution in [0.1, 0.15) is 51.0 Å². The van der Waals surface area contributed by atoms with Crippen LogP contribution in [0.4, 0.5) is 0 Å². The third-order valence-electron chi connectivity index (χ3n) is 3.89. The molecule has 23 heavy (non-hydrogen) atoms. The number of ether oxygens (including phenoxy) is 1. The summed E-state index contributed by atoms with van der Waals surface area (Å²) in [4.78, 5) is 4.60. The Kier molecular flexibility index (Phi) is 11.7. The maximum absolute atomic E-state index is 6.00. The summed E-state index contributed by atoms with van der Waals surface area (Å²) in [7, 11) is 0. The fraction of sp³-hybridized carbons (Fsp3) is 0.706. The highest BCUT2D eigenvalue weighted by atomic mass is 127. The Labute approximate surface area is 161 Å². The number of rotatable bonds is 7. The topological polar surface area (TPSA) is 45.7 Å². The minimum atomic E-state index is 0. The van der Waals surface area contributed by atoms with Crippen LogP contribution in [0.15, 0.2) is 21.8 Å². The van der Waals surface area contributed by atoms with Crippen molar-refractivity contribution < 1.29 is 4.74 Å². The van der Waals surface area contributed by atoms with E-state index in [1.807, 2.05) is 0 Å². The number of halogens is 1. The molecular weight excluding hydrogens is 421 g/mol. The van der Waals surface area contributed by atoms with Crippen molar-refractivity contribution in [1.29, 1.82) is 0 Å². The molecule has 1 heterocycles. The van der Waals surface area contributed by atoms with Crippen molar-refractivity contribution in [3.8, 4) is 0 Å². The molecule has 0 spiro atoms. The third kappa shape index (κ3) is 8.91. The lowest BCUT2D eigenvalue weighted by atomic mass is 10.1. The van der Waals surface area contributed by atoms with Gasteiger partial charge in [-0.1, -0.05) is 25.7 Å². The summed E-state index contributed by atoms with van der Waals surface area (Å²) in [5.74, 6) is 0.873. The number of hydrogen-bond donors (Lipinski definition) is 2. The Balaban J connectivity index is 0.00000264. The Morgan fingerprint density at radius 3 is 2.70 bits per heavy atom. The van der Waals surface area contributed by atoms with Gasteiger partial charge < -0.3 is 15.4 Å². The largest absolute Gasteiger partial charge is 0.376 e. The first kappa shape index (κ1) is 20.7. The third-order valence-corrected chi connectivity index (χ3v) is 4.63. The van der Waals surface area contributed by atoms with Crippen molar-refractivity contribution >= 4 is 41.3 Å². The highest BCUT2D eigenvalue weighted by Gasteiger charge is 2.12. The highest BCUT2D eigenvalue weighted by Crippen LogP contribution is 2.19. The second-order valence-electron chi connectivity index (χ2n) is 5.74. The van der Waals surface area contributed by atoms with Crippen molar-refractivity contribution in [3.63, 3.8) is 0 Å². The maximum atomic E-state index is 6.00. The van der Waals surface area contributed by atoms with Crippen molar-refractivity contribution in [1.82, 2.24) is 10.6 Å². The summed E-state index contributed by atoms with van der Waals surface area (Å²) in [5.41, 5.74) is 1.26. The summed E-state index contributed by atoms with van der Waals surface area (Å²) in [6, 6.07) is 2.12. The van der Waals surface area contributed by atoms with Gasteiger partial charge in [0.1, 0.15) is 0 Å². The number of guanidine groups is 1. The minimum absolute atomic E-state index is 0. The lowest BCUT2D eigenvalue weighted by molar-refractivity contribution is 0.0468. The molecule has 0 unspecified atom stereocenters. The lowest BCUT2D eigenvalue weighted by Crippen LogP contribution is -2.39. The predicted molar refractivity (Wildman–Crippen MR) is 110 cm³/mol. The van der Waals surface area contributed by atoms with Crippen LogP contribution in [0.5, 0.6) is 0 Å². The maximum Gasteiger partial charge on any atom is 0.191 e. The Hall–Kier alpha value is -0.340. The summed E-state index contributed by atoms with van der Waals surface area (Å²) in [6.07, 6.45) is 8.31. The zero-order valence-corrected chi connectivity index (χ0v) is 17.2. The summed E-state index contributed by atoms with van der Waals surface area (Å²) >= 11 is 1.71. The predicted octanol–water partition coefficient (Wildman–Crippen LogP) is 4.16. The molecule has 1 aromatic rings. The van der Waals surface area contributed by atoms with Gasteiger partial charge in [-0.25, -0.2) is 4.99 Å². The van der Waals surface area contributed by atoms with Gasteiger partial charge in [0.05, 0.1) is 19.3 Å². The van der Waals surface area contributed by atoms with Crippen molar-refractivity contribution in [2.45, 2.75) is 58.1 Å². The minimum Gasteiger partial charge on any atom is -0.376 e. The van der Waals surface area contributed by atoms with E-state index in [-0.39, 0.29) is 24.0 Å². The van der Waals surface area contributed by atoms with Gasteiger partial charge in [0, 0.05) is 13.1 Å². The van der Waals surface area contributed by atoms with E-state index in [1.54, 1.807) is 11.3 Å². The fourth-order valence-electron chi connectivity index (χ4n) is 2.70. The summed E-state index contributed by atoms with van der Waals surface area (Å²) in [5, 5.41) is 10.9. The molecule has 0 saturated heterocycles. The zero-order valence-electron chi connectivity index (χ0n) is 14.1. The van der Waals surface area contributed by atoms with Crippen LogP contribution in [0.25, 0.3) is 0 Å². The number of thiophene rings is 1. The van der Waals surface area contributed by atoms with E-state index >= 15 is 0 Å².